The first kappa shape index (κ1) is 16.6. The zero-order valence-electron chi connectivity index (χ0n) is 13.1. The molecule has 0 saturated carbocycles. The van der Waals surface area contributed by atoms with E-state index in [1.807, 2.05) is 0 Å². The summed E-state index contributed by atoms with van der Waals surface area (Å²) in [4.78, 5) is 15.9. The van der Waals surface area contributed by atoms with Crippen molar-refractivity contribution >= 4 is 16.9 Å². The van der Waals surface area contributed by atoms with Gasteiger partial charge in [0.15, 0.2) is 6.04 Å². The predicted octanol–water partition coefficient (Wildman–Crippen LogP) is 2.82. The fourth-order valence-corrected chi connectivity index (χ4v) is 3.31. The molecule has 0 radical (unpaired) electrons. The van der Waals surface area contributed by atoms with Crippen molar-refractivity contribution in [3.8, 4) is 0 Å². The molecule has 10 heteroatoms. The molecular weight excluding hydrogens is 356 g/mol. The van der Waals surface area contributed by atoms with E-state index in [1.165, 1.54) is 23.0 Å². The van der Waals surface area contributed by atoms with Crippen LogP contribution in [0.25, 0.3) is 10.9 Å². The van der Waals surface area contributed by atoms with Crippen LogP contribution in [0.2, 0.25) is 0 Å². The molecule has 0 fully saturated rings. The minimum absolute atomic E-state index is 0.00764. The number of halogens is 4. The molecule has 1 aromatic carbocycles. The summed E-state index contributed by atoms with van der Waals surface area (Å²) in [5.41, 5.74) is -0.380. The van der Waals surface area contributed by atoms with Gasteiger partial charge in [0, 0.05) is 23.7 Å². The Balaban J connectivity index is 1.86. The molecule has 0 saturated heterocycles. The highest BCUT2D eigenvalue weighted by Crippen LogP contribution is 2.35. The number of aliphatic carboxylic acids is 1. The van der Waals surface area contributed by atoms with E-state index < -0.39 is 29.9 Å². The normalized spacial score (nSPS) is 18.2. The third-order valence-corrected chi connectivity index (χ3v) is 4.42. The van der Waals surface area contributed by atoms with Gasteiger partial charge in [0.1, 0.15) is 6.17 Å². The number of hydrogen-bond donors (Lipinski definition) is 1. The second-order valence-corrected chi connectivity index (χ2v) is 6.12. The van der Waals surface area contributed by atoms with E-state index in [-0.39, 0.29) is 29.6 Å². The maximum atomic E-state index is 13.6. The Morgan fingerprint density at radius 2 is 2.12 bits per heavy atom. The van der Waals surface area contributed by atoms with Gasteiger partial charge >= 0.3 is 12.1 Å². The lowest BCUT2D eigenvalue weighted by atomic mass is 10.1. The first-order chi connectivity index (χ1) is 12.3. The summed E-state index contributed by atoms with van der Waals surface area (Å²) in [7, 11) is 0. The average Bonchev–Trinajstić information content (AvgIpc) is 3.20. The Kier molecular flexibility index (Phi) is 3.53. The smallest absolute Gasteiger partial charge is 0.417 e. The Morgan fingerprint density at radius 1 is 1.35 bits per heavy atom. The van der Waals surface area contributed by atoms with E-state index in [0.29, 0.717) is 5.69 Å². The van der Waals surface area contributed by atoms with Crippen LogP contribution in [0.4, 0.5) is 17.6 Å². The van der Waals surface area contributed by atoms with E-state index in [2.05, 4.69) is 10.1 Å². The molecule has 6 nitrogen and oxygen atoms in total. The number of alkyl halides is 4. The molecule has 3 heterocycles. The maximum Gasteiger partial charge on any atom is 0.417 e. The molecule has 1 aliphatic rings. The van der Waals surface area contributed by atoms with Crippen molar-refractivity contribution in [2.75, 3.05) is 0 Å². The van der Waals surface area contributed by atoms with Gasteiger partial charge in [0.05, 0.1) is 29.6 Å². The zero-order valence-corrected chi connectivity index (χ0v) is 13.1. The summed E-state index contributed by atoms with van der Waals surface area (Å²) >= 11 is 0. The Morgan fingerprint density at radius 3 is 2.81 bits per heavy atom. The topological polar surface area (TPSA) is 72.9 Å². The molecule has 1 unspecified atom stereocenters. The standard InChI is InChI=1S/C16H12F4N4O2/c17-8-4-12-13(21-7-23(12)5-8)14(15(25)26)24-6-9-10(16(18,19)20)2-1-3-11(9)22-24/h1-3,6-8,14H,4-5H2,(H,25,26)/t8-,14?/m1/s1. The lowest BCUT2D eigenvalue weighted by Gasteiger charge is -2.12. The first-order valence-corrected chi connectivity index (χ1v) is 7.71. The number of benzene rings is 1. The fourth-order valence-electron chi connectivity index (χ4n) is 3.31. The van der Waals surface area contributed by atoms with Gasteiger partial charge in [0.2, 0.25) is 0 Å². The summed E-state index contributed by atoms with van der Waals surface area (Å²) in [6, 6.07) is 2.05. The van der Waals surface area contributed by atoms with Gasteiger partial charge < -0.3 is 9.67 Å². The molecule has 2 aromatic heterocycles. The van der Waals surface area contributed by atoms with Crippen molar-refractivity contribution in [3.05, 3.63) is 47.7 Å². The van der Waals surface area contributed by atoms with Crippen molar-refractivity contribution < 1.29 is 27.5 Å². The molecule has 4 rings (SSSR count). The van der Waals surface area contributed by atoms with Gasteiger partial charge in [0.25, 0.3) is 0 Å². The lowest BCUT2D eigenvalue weighted by molar-refractivity contribution is -0.140. The third-order valence-electron chi connectivity index (χ3n) is 4.42. The van der Waals surface area contributed by atoms with E-state index >= 15 is 0 Å². The average molecular weight is 368 g/mol. The first-order valence-electron chi connectivity index (χ1n) is 7.71. The summed E-state index contributed by atoms with van der Waals surface area (Å²) < 4.78 is 55.6. The van der Waals surface area contributed by atoms with Gasteiger partial charge in [-0.3, -0.25) is 4.68 Å². The van der Waals surface area contributed by atoms with E-state index in [9.17, 15) is 27.5 Å². The maximum absolute atomic E-state index is 13.6. The molecule has 0 spiro atoms. The van der Waals surface area contributed by atoms with Gasteiger partial charge in [-0.15, -0.1) is 0 Å². The summed E-state index contributed by atoms with van der Waals surface area (Å²) in [6.07, 6.45) is -3.35. The highest BCUT2D eigenvalue weighted by molar-refractivity contribution is 5.83. The van der Waals surface area contributed by atoms with Crippen LogP contribution < -0.4 is 0 Å². The van der Waals surface area contributed by atoms with Crippen LogP contribution >= 0.6 is 0 Å². The number of fused-ring (bicyclic) bond motifs is 2. The minimum Gasteiger partial charge on any atom is -0.479 e. The van der Waals surface area contributed by atoms with E-state index in [0.717, 1.165) is 16.9 Å². The van der Waals surface area contributed by atoms with Gasteiger partial charge in [-0.05, 0) is 12.1 Å². The van der Waals surface area contributed by atoms with Crippen molar-refractivity contribution in [2.45, 2.75) is 31.4 Å². The SMILES string of the molecule is O=C(O)C(c1ncn2c1C[C@@H](F)C2)n1cc2c(C(F)(F)F)cccc2n1. The second kappa shape index (κ2) is 5.55. The molecule has 26 heavy (non-hydrogen) atoms. The Labute approximate surface area is 143 Å². The number of carbonyl (C=O) groups is 1. The largest absolute Gasteiger partial charge is 0.479 e. The van der Waals surface area contributed by atoms with E-state index in [1.54, 1.807) is 0 Å². The number of hydrogen-bond acceptors (Lipinski definition) is 3. The summed E-state index contributed by atoms with van der Waals surface area (Å²) in [5, 5.41) is 13.4. The molecule has 1 aliphatic heterocycles. The number of imidazole rings is 1. The number of carboxylic acids is 1. The highest BCUT2D eigenvalue weighted by Gasteiger charge is 2.36. The number of aromatic nitrogens is 4. The molecule has 0 bridgehead atoms. The second-order valence-electron chi connectivity index (χ2n) is 6.12. The molecule has 3 aromatic rings. The van der Waals surface area contributed by atoms with Crippen LogP contribution in [0.1, 0.15) is 23.0 Å². The molecule has 0 amide bonds. The number of rotatable bonds is 3. The van der Waals surface area contributed by atoms with Crippen LogP contribution in [-0.4, -0.2) is 36.6 Å². The van der Waals surface area contributed by atoms with Gasteiger partial charge in [-0.25, -0.2) is 14.2 Å². The van der Waals surface area contributed by atoms with Crippen molar-refractivity contribution in [1.29, 1.82) is 0 Å². The van der Waals surface area contributed by atoms with Crippen molar-refractivity contribution in [1.82, 2.24) is 19.3 Å². The predicted molar refractivity (Wildman–Crippen MR) is 81.3 cm³/mol. The summed E-state index contributed by atoms with van der Waals surface area (Å²) in [5.74, 6) is -1.34. The van der Waals surface area contributed by atoms with Crippen molar-refractivity contribution in [3.63, 3.8) is 0 Å². The molecule has 136 valence electrons. The zero-order chi connectivity index (χ0) is 18.6. The van der Waals surface area contributed by atoms with Crippen molar-refractivity contribution in [2.24, 2.45) is 0 Å². The van der Waals surface area contributed by atoms with Gasteiger partial charge in [-0.2, -0.15) is 18.3 Å². The molecule has 0 aliphatic carbocycles. The third kappa shape index (κ3) is 2.52. The fraction of sp³-hybridized carbons (Fsp3) is 0.312. The van der Waals surface area contributed by atoms with Crippen LogP contribution in [0.3, 0.4) is 0 Å². The quantitative estimate of drug-likeness (QED) is 0.722. The minimum atomic E-state index is -4.59. The Bertz CT molecular complexity index is 1010. The van der Waals surface area contributed by atoms with Crippen LogP contribution in [-0.2, 0) is 23.9 Å². The summed E-state index contributed by atoms with van der Waals surface area (Å²) in [6.45, 7) is 0.0774. The highest BCUT2D eigenvalue weighted by atomic mass is 19.4. The number of carboxylic acid groups (broad SMARTS) is 1. The monoisotopic (exact) mass is 368 g/mol. The number of nitrogens with zero attached hydrogens (tertiary/aromatic N) is 4. The lowest BCUT2D eigenvalue weighted by Crippen LogP contribution is -2.22. The van der Waals surface area contributed by atoms with Crippen LogP contribution in [0, 0.1) is 0 Å². The van der Waals surface area contributed by atoms with E-state index in [4.69, 9.17) is 0 Å². The van der Waals surface area contributed by atoms with Crippen LogP contribution in [0.15, 0.2) is 30.7 Å². The molecule has 1 N–H and O–H groups in total. The van der Waals surface area contributed by atoms with Crippen LogP contribution in [0.5, 0.6) is 0 Å². The molecule has 2 atom stereocenters. The Hall–Kier alpha value is -2.91. The molecular formula is C16H12F4N4O2. The van der Waals surface area contributed by atoms with Gasteiger partial charge in [-0.1, -0.05) is 6.07 Å².